The molecule has 1 aromatic carbocycles. The first-order valence-electron chi connectivity index (χ1n) is 9.69. The molecular weight excluding hydrogens is 394 g/mol. The highest BCUT2D eigenvalue weighted by Gasteiger charge is 2.22. The van der Waals surface area contributed by atoms with E-state index in [2.05, 4.69) is 52.9 Å². The van der Waals surface area contributed by atoms with Gasteiger partial charge in [-0.25, -0.2) is 0 Å². The Labute approximate surface area is 177 Å². The summed E-state index contributed by atoms with van der Waals surface area (Å²) in [5.41, 5.74) is 1.02. The van der Waals surface area contributed by atoms with Crippen LogP contribution in [-0.4, -0.2) is 45.4 Å². The van der Waals surface area contributed by atoms with Crippen LogP contribution in [0, 0.1) is 0 Å². The lowest BCUT2D eigenvalue weighted by Gasteiger charge is -2.23. The predicted octanol–water partition coefficient (Wildman–Crippen LogP) is 4.15. The number of aromatic nitrogens is 3. The van der Waals surface area contributed by atoms with E-state index in [-0.39, 0.29) is 11.9 Å². The minimum atomic E-state index is -0.0220. The first-order valence-corrected chi connectivity index (χ1v) is 11.1. The highest BCUT2D eigenvalue weighted by molar-refractivity contribution is 7.99. The van der Waals surface area contributed by atoms with Crippen molar-refractivity contribution >= 4 is 29.3 Å². The number of hydrogen-bond donors (Lipinski definition) is 1. The van der Waals surface area contributed by atoms with Crippen LogP contribution in [0.4, 0.5) is 0 Å². The van der Waals surface area contributed by atoms with Gasteiger partial charge in [0.2, 0.25) is 5.91 Å². The number of benzene rings is 1. The molecule has 0 spiro atoms. The Morgan fingerprint density at radius 2 is 1.96 bits per heavy atom. The summed E-state index contributed by atoms with van der Waals surface area (Å²) in [5, 5.41) is 13.3. The van der Waals surface area contributed by atoms with Crippen LogP contribution in [0.25, 0.3) is 0 Å². The fraction of sp³-hybridized carbons (Fsp3) is 0.550. The third-order valence-corrected chi connectivity index (χ3v) is 5.74. The van der Waals surface area contributed by atoms with Gasteiger partial charge in [0.25, 0.3) is 0 Å². The van der Waals surface area contributed by atoms with E-state index in [4.69, 9.17) is 11.6 Å². The number of halogens is 1. The highest BCUT2D eigenvalue weighted by atomic mass is 35.5. The maximum Gasteiger partial charge on any atom is 0.230 e. The van der Waals surface area contributed by atoms with Crippen LogP contribution in [0.1, 0.15) is 50.5 Å². The van der Waals surface area contributed by atoms with Crippen LogP contribution in [-0.2, 0) is 17.9 Å². The fourth-order valence-corrected chi connectivity index (χ4v) is 3.87. The van der Waals surface area contributed by atoms with E-state index in [0.29, 0.717) is 17.3 Å². The molecule has 2 aromatic rings. The molecule has 0 bridgehead atoms. The zero-order chi connectivity index (χ0) is 20.5. The van der Waals surface area contributed by atoms with Gasteiger partial charge in [0.15, 0.2) is 11.0 Å². The van der Waals surface area contributed by atoms with Crippen molar-refractivity contribution in [3.8, 4) is 0 Å². The summed E-state index contributed by atoms with van der Waals surface area (Å²) in [5.74, 6) is 1.27. The van der Waals surface area contributed by atoms with Gasteiger partial charge in [0.1, 0.15) is 0 Å². The van der Waals surface area contributed by atoms with Crippen LogP contribution < -0.4 is 5.32 Å². The van der Waals surface area contributed by atoms with Crippen LogP contribution in [0.5, 0.6) is 0 Å². The van der Waals surface area contributed by atoms with E-state index in [1.165, 1.54) is 11.8 Å². The van der Waals surface area contributed by atoms with Crippen molar-refractivity contribution in [3.63, 3.8) is 0 Å². The van der Waals surface area contributed by atoms with Crippen LogP contribution in [0.15, 0.2) is 29.4 Å². The summed E-state index contributed by atoms with van der Waals surface area (Å²) in [6, 6.07) is 7.69. The van der Waals surface area contributed by atoms with E-state index in [9.17, 15) is 4.79 Å². The molecule has 1 amide bonds. The van der Waals surface area contributed by atoms with Gasteiger partial charge in [-0.2, -0.15) is 0 Å². The average Bonchev–Trinajstić information content (AvgIpc) is 3.07. The molecule has 0 aliphatic carbocycles. The molecule has 1 N–H and O–H groups in total. The summed E-state index contributed by atoms with van der Waals surface area (Å²) in [6.45, 7) is 5.69. The number of carbonyl (C=O) groups excluding carboxylic acids is 1. The van der Waals surface area contributed by atoms with Crippen molar-refractivity contribution < 1.29 is 4.79 Å². The van der Waals surface area contributed by atoms with Gasteiger partial charge in [0.05, 0.1) is 11.8 Å². The Bertz CT molecular complexity index is 748. The second-order valence-corrected chi connectivity index (χ2v) is 8.30. The molecule has 154 valence electrons. The number of rotatable bonds is 11. The van der Waals surface area contributed by atoms with Crippen molar-refractivity contribution in [2.75, 3.05) is 19.8 Å². The summed E-state index contributed by atoms with van der Waals surface area (Å²) in [7, 11) is 4.12. The quantitative estimate of drug-likeness (QED) is 0.550. The Morgan fingerprint density at radius 3 is 2.57 bits per heavy atom. The van der Waals surface area contributed by atoms with Gasteiger partial charge in [-0.05, 0) is 44.6 Å². The topological polar surface area (TPSA) is 63.1 Å². The number of unbranched alkanes of at least 4 members (excludes halogenated alkanes) is 1. The molecule has 0 saturated heterocycles. The summed E-state index contributed by atoms with van der Waals surface area (Å²) in [6.07, 6.45) is 3.12. The minimum absolute atomic E-state index is 0.0220. The smallest absolute Gasteiger partial charge is 0.230 e. The molecule has 0 aliphatic heterocycles. The maximum absolute atomic E-state index is 12.3. The largest absolute Gasteiger partial charge is 0.351 e. The van der Waals surface area contributed by atoms with Gasteiger partial charge < -0.3 is 9.88 Å². The van der Waals surface area contributed by atoms with Gasteiger partial charge in [-0.15, -0.1) is 10.2 Å². The molecule has 2 rings (SSSR count). The summed E-state index contributed by atoms with van der Waals surface area (Å²) in [4.78, 5) is 14.4. The third-order valence-electron chi connectivity index (χ3n) is 4.52. The molecule has 1 aromatic heterocycles. The van der Waals surface area contributed by atoms with Crippen LogP contribution in [0.3, 0.4) is 0 Å². The maximum atomic E-state index is 12.3. The molecule has 0 aliphatic rings. The van der Waals surface area contributed by atoms with Crippen molar-refractivity contribution in [2.24, 2.45) is 0 Å². The Kier molecular flexibility index (Phi) is 9.28. The zero-order valence-electron chi connectivity index (χ0n) is 17.1. The Morgan fingerprint density at radius 1 is 1.25 bits per heavy atom. The Hall–Kier alpha value is -1.57. The number of amides is 1. The van der Waals surface area contributed by atoms with Crippen molar-refractivity contribution in [2.45, 2.75) is 57.4 Å². The number of carbonyl (C=O) groups is 1. The van der Waals surface area contributed by atoms with Crippen LogP contribution >= 0.6 is 23.4 Å². The SMILES string of the molecule is CCCCn1c(SCC(=O)NCc2ccc(Cl)cc2)nnc1[C@H](CC)N(C)C. The van der Waals surface area contributed by atoms with Crippen LogP contribution in [0.2, 0.25) is 5.02 Å². The van der Waals surface area contributed by atoms with E-state index in [1.807, 2.05) is 24.3 Å². The number of nitrogens with zero attached hydrogens (tertiary/aromatic N) is 4. The highest BCUT2D eigenvalue weighted by Crippen LogP contribution is 2.25. The van der Waals surface area contributed by atoms with Gasteiger partial charge in [-0.1, -0.05) is 55.8 Å². The second-order valence-electron chi connectivity index (χ2n) is 6.93. The molecule has 6 nitrogen and oxygen atoms in total. The Balaban J connectivity index is 1.98. The first-order chi connectivity index (χ1) is 13.5. The monoisotopic (exact) mass is 423 g/mol. The van der Waals surface area contributed by atoms with Gasteiger partial charge in [0, 0.05) is 18.1 Å². The molecule has 1 heterocycles. The number of hydrogen-bond acceptors (Lipinski definition) is 5. The van der Waals surface area contributed by atoms with Crippen molar-refractivity contribution in [1.82, 2.24) is 25.0 Å². The van der Waals surface area contributed by atoms with E-state index in [1.54, 1.807) is 0 Å². The fourth-order valence-electron chi connectivity index (χ4n) is 2.94. The lowest BCUT2D eigenvalue weighted by atomic mass is 10.2. The lowest BCUT2D eigenvalue weighted by molar-refractivity contribution is -0.118. The molecule has 28 heavy (non-hydrogen) atoms. The summed E-state index contributed by atoms with van der Waals surface area (Å²) < 4.78 is 2.18. The summed E-state index contributed by atoms with van der Waals surface area (Å²) >= 11 is 7.33. The van der Waals surface area contributed by atoms with Crippen molar-refractivity contribution in [3.05, 3.63) is 40.7 Å². The van der Waals surface area contributed by atoms with Gasteiger partial charge >= 0.3 is 0 Å². The second kappa shape index (κ2) is 11.4. The molecular formula is C20H30ClN5OS. The molecule has 8 heteroatoms. The molecule has 0 fully saturated rings. The van der Waals surface area contributed by atoms with Crippen molar-refractivity contribution in [1.29, 1.82) is 0 Å². The normalized spacial score (nSPS) is 12.4. The first kappa shape index (κ1) is 22.7. The minimum Gasteiger partial charge on any atom is -0.351 e. The number of nitrogens with one attached hydrogen (secondary N) is 1. The van der Waals surface area contributed by atoms with E-state index >= 15 is 0 Å². The van der Waals surface area contributed by atoms with E-state index in [0.717, 1.165) is 42.4 Å². The standard InChI is InChI=1S/C20H30ClN5OS/c1-5-7-12-26-19(17(6-2)25(3)4)23-24-20(26)28-14-18(27)22-13-15-8-10-16(21)11-9-15/h8-11,17H,5-7,12-14H2,1-4H3,(H,22,27)/t17-/m0/s1. The van der Waals surface area contributed by atoms with Gasteiger partial charge in [-0.3, -0.25) is 9.69 Å². The predicted molar refractivity (Wildman–Crippen MR) is 116 cm³/mol. The molecule has 0 saturated carbocycles. The zero-order valence-corrected chi connectivity index (χ0v) is 18.7. The van der Waals surface area contributed by atoms with E-state index < -0.39 is 0 Å². The number of thioether (sulfide) groups is 1. The molecule has 0 unspecified atom stereocenters. The lowest BCUT2D eigenvalue weighted by Crippen LogP contribution is -2.25. The molecule has 1 atom stereocenters. The third kappa shape index (κ3) is 6.50. The molecule has 0 radical (unpaired) electrons. The average molecular weight is 424 g/mol.